The van der Waals surface area contributed by atoms with E-state index in [0.29, 0.717) is 65.9 Å². The van der Waals surface area contributed by atoms with Crippen molar-refractivity contribution in [2.24, 2.45) is 0 Å². The van der Waals surface area contributed by atoms with E-state index in [1.165, 1.54) is 25.3 Å². The number of benzene rings is 3. The molecule has 0 aromatic heterocycles. The number of nitrogens with zero attached hydrogens (tertiary/aromatic N) is 1. The molecule has 3 aromatic carbocycles. The van der Waals surface area contributed by atoms with E-state index in [4.69, 9.17) is 30.5 Å². The Balaban J connectivity index is 1.34. The lowest BCUT2D eigenvalue weighted by atomic mass is 10.1. The minimum absolute atomic E-state index is 0.0109. The fourth-order valence-electron chi connectivity index (χ4n) is 5.57. The van der Waals surface area contributed by atoms with Gasteiger partial charge in [-0.25, -0.2) is 4.39 Å². The average molecular weight is 711 g/mol. The summed E-state index contributed by atoms with van der Waals surface area (Å²) >= 11 is 6.49. The summed E-state index contributed by atoms with van der Waals surface area (Å²) in [4.78, 5) is 54.1. The number of carbonyl (C=O) groups excluding carboxylic acids is 4. The second-order valence-corrected chi connectivity index (χ2v) is 12.2. The van der Waals surface area contributed by atoms with E-state index in [1.54, 1.807) is 42.2 Å². The summed E-state index contributed by atoms with van der Waals surface area (Å²) in [5.41, 5.74) is 1.31. The van der Waals surface area contributed by atoms with E-state index < -0.39 is 23.7 Å². The molecule has 0 fully saturated rings. The Kier molecular flexibility index (Phi) is 12.4. The van der Waals surface area contributed by atoms with Gasteiger partial charge >= 0.3 is 0 Å². The van der Waals surface area contributed by atoms with E-state index >= 15 is 4.39 Å². The van der Waals surface area contributed by atoms with Gasteiger partial charge in [0.15, 0.2) is 34.6 Å². The molecule has 3 aliphatic rings. The molecule has 266 valence electrons. The predicted octanol–water partition coefficient (Wildman–Crippen LogP) is 4.55. The third kappa shape index (κ3) is 9.35. The van der Waals surface area contributed by atoms with Crippen molar-refractivity contribution in [1.82, 2.24) is 20.9 Å². The number of methoxy groups -OCH3 is 1. The Morgan fingerprint density at radius 3 is 2.46 bits per heavy atom. The van der Waals surface area contributed by atoms with Crippen molar-refractivity contribution in [2.75, 3.05) is 40.0 Å². The predicted molar refractivity (Wildman–Crippen MR) is 182 cm³/mol. The van der Waals surface area contributed by atoms with Gasteiger partial charge in [-0.2, -0.15) is 0 Å². The number of hydrogen-bond acceptors (Lipinski definition) is 8. The van der Waals surface area contributed by atoms with Crippen molar-refractivity contribution in [2.45, 2.75) is 51.6 Å². The molecule has 3 aliphatic heterocycles. The number of rotatable bonds is 4. The molecule has 4 bridgehead atoms. The standard InChI is InChI=1S/C36H40ClFN4O8/c1-3-27-36(46)40-21-22-7-9-28(26(38)16-22)50-32-17-23(8-10-29(32)47-2)35(45)39-11-5-13-42(12-4-6-33(43)41-27)34(44)19-24-18-30-31(20-25(24)37)49-15-14-48-30/h7-10,16-18,20,27H,3-6,11-15,19,21H2,1-2H3,(H,39,45)(H,40,46)(H,41,43)/t27-/m0/s1. The van der Waals surface area contributed by atoms with Crippen molar-refractivity contribution < 1.29 is 42.5 Å². The molecule has 0 unspecified atom stereocenters. The van der Waals surface area contributed by atoms with Crippen LogP contribution in [0.25, 0.3) is 0 Å². The Bertz CT molecular complexity index is 1740. The number of fused-ring (bicyclic) bond motifs is 17. The van der Waals surface area contributed by atoms with Crippen molar-refractivity contribution in [3.63, 3.8) is 0 Å². The van der Waals surface area contributed by atoms with E-state index in [-0.39, 0.29) is 67.9 Å². The lowest BCUT2D eigenvalue weighted by Gasteiger charge is -2.24. The van der Waals surface area contributed by atoms with E-state index in [0.717, 1.165) is 0 Å². The maximum Gasteiger partial charge on any atom is 0.251 e. The average Bonchev–Trinajstić information content (AvgIpc) is 3.11. The van der Waals surface area contributed by atoms with Gasteiger partial charge in [-0.1, -0.05) is 24.6 Å². The summed E-state index contributed by atoms with van der Waals surface area (Å²) in [6.07, 6.45) is 1.14. The first-order valence-electron chi connectivity index (χ1n) is 16.5. The summed E-state index contributed by atoms with van der Waals surface area (Å²) < 4.78 is 37.5. The van der Waals surface area contributed by atoms with Crippen LogP contribution in [0.4, 0.5) is 4.39 Å². The van der Waals surface area contributed by atoms with Gasteiger partial charge in [0.05, 0.1) is 13.5 Å². The molecule has 0 saturated heterocycles. The van der Waals surface area contributed by atoms with Crippen molar-refractivity contribution >= 4 is 35.2 Å². The highest BCUT2D eigenvalue weighted by molar-refractivity contribution is 6.31. The first-order valence-corrected chi connectivity index (χ1v) is 16.9. The van der Waals surface area contributed by atoms with Crippen LogP contribution < -0.4 is 34.9 Å². The SMILES string of the molecule is CC[C@@H]1NC(=O)CCCN(C(=O)Cc2cc3c(cc2Cl)OCCO3)CCCNC(=O)c2ccc(OC)c(c2)Oc2ccc(cc2F)CNC1=O. The number of amides is 4. The summed E-state index contributed by atoms with van der Waals surface area (Å²) in [6.45, 7) is 3.37. The van der Waals surface area contributed by atoms with Crippen LogP contribution in [0.5, 0.6) is 28.7 Å². The molecular weight excluding hydrogens is 671 g/mol. The zero-order valence-corrected chi connectivity index (χ0v) is 28.7. The second kappa shape index (κ2) is 17.1. The van der Waals surface area contributed by atoms with Crippen molar-refractivity contribution in [3.05, 3.63) is 76.1 Å². The first kappa shape index (κ1) is 36.2. The van der Waals surface area contributed by atoms with Crippen LogP contribution in [0.2, 0.25) is 5.02 Å². The molecule has 3 N–H and O–H groups in total. The van der Waals surface area contributed by atoms with Crippen molar-refractivity contribution in [1.29, 1.82) is 0 Å². The highest BCUT2D eigenvalue weighted by Gasteiger charge is 2.22. The number of carbonyl (C=O) groups is 4. The fraction of sp³-hybridized carbons (Fsp3) is 0.389. The highest BCUT2D eigenvalue weighted by atomic mass is 35.5. The topological polar surface area (TPSA) is 145 Å². The third-order valence-electron chi connectivity index (χ3n) is 8.30. The van der Waals surface area contributed by atoms with Gasteiger partial charge in [-0.3, -0.25) is 19.2 Å². The van der Waals surface area contributed by atoms with Gasteiger partial charge in [-0.15, -0.1) is 0 Å². The maximum absolute atomic E-state index is 15.1. The van der Waals surface area contributed by atoms with Gasteiger partial charge < -0.3 is 39.8 Å². The van der Waals surface area contributed by atoms with E-state index in [2.05, 4.69) is 16.0 Å². The molecule has 0 spiro atoms. The Labute approximate surface area is 294 Å². The lowest BCUT2D eigenvalue weighted by molar-refractivity contribution is -0.131. The van der Waals surface area contributed by atoms with E-state index in [9.17, 15) is 19.2 Å². The molecule has 50 heavy (non-hydrogen) atoms. The Morgan fingerprint density at radius 2 is 1.72 bits per heavy atom. The minimum Gasteiger partial charge on any atom is -0.493 e. The Hall–Kier alpha value is -5.04. The zero-order chi connectivity index (χ0) is 35.6. The molecule has 6 rings (SSSR count). The molecule has 4 amide bonds. The first-order chi connectivity index (χ1) is 24.1. The normalized spacial score (nSPS) is 17.6. The molecule has 0 saturated carbocycles. The van der Waals surface area contributed by atoms with Gasteiger partial charge in [0, 0.05) is 49.3 Å². The van der Waals surface area contributed by atoms with Crippen LogP contribution in [0.3, 0.4) is 0 Å². The van der Waals surface area contributed by atoms with Gasteiger partial charge in [0.2, 0.25) is 17.7 Å². The van der Waals surface area contributed by atoms with Crippen LogP contribution in [-0.2, 0) is 27.3 Å². The van der Waals surface area contributed by atoms with E-state index in [1.807, 2.05) is 0 Å². The van der Waals surface area contributed by atoms with Gasteiger partial charge in [-0.05, 0) is 66.8 Å². The molecule has 3 heterocycles. The smallest absolute Gasteiger partial charge is 0.251 e. The minimum atomic E-state index is -0.796. The summed E-state index contributed by atoms with van der Waals surface area (Å²) in [6, 6.07) is 11.4. The largest absolute Gasteiger partial charge is 0.493 e. The van der Waals surface area contributed by atoms with Crippen LogP contribution in [0.15, 0.2) is 48.5 Å². The molecule has 14 heteroatoms. The van der Waals surface area contributed by atoms with Crippen molar-refractivity contribution in [3.8, 4) is 28.7 Å². The third-order valence-corrected chi connectivity index (χ3v) is 8.65. The van der Waals surface area contributed by atoms with Crippen LogP contribution in [-0.4, -0.2) is 74.5 Å². The lowest BCUT2D eigenvalue weighted by Crippen LogP contribution is -2.46. The van der Waals surface area contributed by atoms with Crippen LogP contribution >= 0.6 is 11.6 Å². The zero-order valence-electron chi connectivity index (χ0n) is 27.9. The molecule has 0 radical (unpaired) electrons. The summed E-state index contributed by atoms with van der Waals surface area (Å²) in [5.74, 6) is -0.691. The van der Waals surface area contributed by atoms with Crippen LogP contribution in [0, 0.1) is 5.82 Å². The molecule has 0 aliphatic carbocycles. The molecule has 3 aromatic rings. The molecule has 12 nitrogen and oxygen atoms in total. The fourth-order valence-corrected chi connectivity index (χ4v) is 5.79. The van der Waals surface area contributed by atoms with Gasteiger partial charge in [0.1, 0.15) is 19.3 Å². The monoisotopic (exact) mass is 710 g/mol. The molecular formula is C36H40ClFN4O8. The molecule has 1 atom stereocenters. The number of ether oxygens (including phenoxy) is 4. The van der Waals surface area contributed by atoms with Crippen LogP contribution in [0.1, 0.15) is 54.1 Å². The Morgan fingerprint density at radius 1 is 0.960 bits per heavy atom. The highest BCUT2D eigenvalue weighted by Crippen LogP contribution is 2.36. The number of halogens is 2. The van der Waals surface area contributed by atoms with Gasteiger partial charge in [0.25, 0.3) is 5.91 Å². The summed E-state index contributed by atoms with van der Waals surface area (Å²) in [5, 5.41) is 8.72. The maximum atomic E-state index is 15.1. The quantitative estimate of drug-likeness (QED) is 0.358. The summed E-state index contributed by atoms with van der Waals surface area (Å²) in [7, 11) is 1.43. The number of hydrogen-bond donors (Lipinski definition) is 3. The number of nitrogens with one attached hydrogen (secondary N) is 3. The second-order valence-electron chi connectivity index (χ2n) is 11.8.